The molecule has 3 aromatic carbocycles. The maximum Gasteiger partial charge on any atom is 0.419 e. The first-order chi connectivity index (χ1) is 18.6. The molecular weight excluding hydrogens is 514 g/mol. The molecule has 0 aliphatic heterocycles. The molecule has 1 nitrogen and oxygen atoms in total. The van der Waals surface area contributed by atoms with E-state index in [1.807, 2.05) is 30.3 Å². The standard InChI is InChI=1S/C32H32F6O/c1-3-5-20-6-11-22(12-7-20)23-13-8-21(9-14-23)10-15-24-16-17-25(29(33)28(24)32(36,37)38)26-18-19-27(39-4-2)31(35)30(26)34/h3,8-9,13-14,16-20,22H,1,4-7,10-12,15H2,2H3. The van der Waals surface area contributed by atoms with E-state index in [0.717, 1.165) is 61.9 Å². The molecule has 0 radical (unpaired) electrons. The lowest BCUT2D eigenvalue weighted by Crippen LogP contribution is -2.14. The first-order valence-corrected chi connectivity index (χ1v) is 13.3. The predicted octanol–water partition coefficient (Wildman–Crippen LogP) is 9.82. The van der Waals surface area contributed by atoms with Crippen molar-refractivity contribution in [1.82, 2.24) is 0 Å². The second-order valence-electron chi connectivity index (χ2n) is 10.1. The Labute approximate surface area is 225 Å². The number of hydrogen-bond acceptors (Lipinski definition) is 1. The van der Waals surface area contributed by atoms with Gasteiger partial charge in [0.2, 0.25) is 5.82 Å². The molecule has 0 spiro atoms. The molecule has 208 valence electrons. The highest BCUT2D eigenvalue weighted by Crippen LogP contribution is 2.41. The van der Waals surface area contributed by atoms with Gasteiger partial charge < -0.3 is 4.74 Å². The molecule has 0 aromatic heterocycles. The van der Waals surface area contributed by atoms with Gasteiger partial charge in [0.25, 0.3) is 0 Å². The maximum atomic E-state index is 15.3. The summed E-state index contributed by atoms with van der Waals surface area (Å²) < 4.78 is 91.2. The van der Waals surface area contributed by atoms with E-state index in [1.54, 1.807) is 6.92 Å². The number of benzene rings is 3. The zero-order valence-corrected chi connectivity index (χ0v) is 21.9. The van der Waals surface area contributed by atoms with E-state index in [4.69, 9.17) is 4.74 Å². The van der Waals surface area contributed by atoms with Crippen LogP contribution >= 0.6 is 0 Å². The van der Waals surface area contributed by atoms with Gasteiger partial charge in [-0.15, -0.1) is 6.58 Å². The number of ether oxygens (including phenoxy) is 1. The highest BCUT2D eigenvalue weighted by molar-refractivity contribution is 5.68. The SMILES string of the molecule is C=CCC1CCC(c2ccc(CCc3ccc(-c4ccc(OCC)c(F)c4F)c(F)c3C(F)(F)F)cc2)CC1. The average molecular weight is 547 g/mol. The van der Waals surface area contributed by atoms with Crippen LogP contribution in [0.25, 0.3) is 11.1 Å². The second kappa shape index (κ2) is 12.3. The molecule has 0 amide bonds. The Morgan fingerprint density at radius 2 is 1.46 bits per heavy atom. The van der Waals surface area contributed by atoms with Gasteiger partial charge in [-0.05, 0) is 92.5 Å². The quantitative estimate of drug-likeness (QED) is 0.192. The van der Waals surface area contributed by atoms with Crippen LogP contribution in [0.15, 0.2) is 61.2 Å². The van der Waals surface area contributed by atoms with Crippen molar-refractivity contribution in [1.29, 1.82) is 0 Å². The summed E-state index contributed by atoms with van der Waals surface area (Å²) in [4.78, 5) is 0. The van der Waals surface area contributed by atoms with Crippen molar-refractivity contribution in [3.63, 3.8) is 0 Å². The van der Waals surface area contributed by atoms with Crippen molar-refractivity contribution in [2.24, 2.45) is 5.92 Å². The summed E-state index contributed by atoms with van der Waals surface area (Å²) >= 11 is 0. The summed E-state index contributed by atoms with van der Waals surface area (Å²) in [6, 6.07) is 12.2. The van der Waals surface area contributed by atoms with Crippen LogP contribution < -0.4 is 4.74 Å². The van der Waals surface area contributed by atoms with E-state index < -0.39 is 46.1 Å². The summed E-state index contributed by atoms with van der Waals surface area (Å²) in [6.45, 7) is 5.46. The van der Waals surface area contributed by atoms with Crippen LogP contribution in [0.3, 0.4) is 0 Å². The van der Waals surface area contributed by atoms with E-state index in [9.17, 15) is 22.0 Å². The highest BCUT2D eigenvalue weighted by atomic mass is 19.4. The minimum atomic E-state index is -5.01. The monoisotopic (exact) mass is 546 g/mol. The summed E-state index contributed by atoms with van der Waals surface area (Å²) in [5.41, 5.74) is -0.873. The normalized spacial score (nSPS) is 17.7. The first kappa shape index (κ1) is 28.8. The molecule has 1 saturated carbocycles. The summed E-state index contributed by atoms with van der Waals surface area (Å²) in [7, 11) is 0. The number of alkyl halides is 3. The summed E-state index contributed by atoms with van der Waals surface area (Å²) in [5, 5.41) is 0. The zero-order valence-electron chi connectivity index (χ0n) is 21.9. The Morgan fingerprint density at radius 3 is 2.08 bits per heavy atom. The van der Waals surface area contributed by atoms with Crippen molar-refractivity contribution in [2.45, 2.75) is 64.0 Å². The van der Waals surface area contributed by atoms with Gasteiger partial charge in [0.05, 0.1) is 12.2 Å². The van der Waals surface area contributed by atoms with Gasteiger partial charge >= 0.3 is 6.18 Å². The van der Waals surface area contributed by atoms with Crippen LogP contribution in [0.4, 0.5) is 26.3 Å². The van der Waals surface area contributed by atoms with Crippen LogP contribution in [-0.2, 0) is 19.0 Å². The van der Waals surface area contributed by atoms with Gasteiger partial charge in [-0.1, -0.05) is 42.5 Å². The van der Waals surface area contributed by atoms with Gasteiger partial charge in [0.15, 0.2) is 11.6 Å². The Morgan fingerprint density at radius 1 is 0.821 bits per heavy atom. The minimum absolute atomic E-state index is 0.0574. The molecule has 0 bridgehead atoms. The third kappa shape index (κ3) is 6.51. The van der Waals surface area contributed by atoms with E-state index in [0.29, 0.717) is 11.8 Å². The molecule has 39 heavy (non-hydrogen) atoms. The van der Waals surface area contributed by atoms with Gasteiger partial charge in [-0.2, -0.15) is 17.6 Å². The van der Waals surface area contributed by atoms with Gasteiger partial charge in [-0.25, -0.2) is 8.78 Å². The largest absolute Gasteiger partial charge is 0.491 e. The van der Waals surface area contributed by atoms with Crippen LogP contribution in [0.2, 0.25) is 0 Å². The van der Waals surface area contributed by atoms with Gasteiger partial charge in [0.1, 0.15) is 5.82 Å². The lowest BCUT2D eigenvalue weighted by Gasteiger charge is -2.28. The molecule has 4 rings (SSSR count). The Kier molecular flexibility index (Phi) is 9.08. The Hall–Kier alpha value is -3.22. The summed E-state index contributed by atoms with van der Waals surface area (Å²) in [6.07, 6.45) is 2.76. The van der Waals surface area contributed by atoms with Crippen LogP contribution in [0.5, 0.6) is 5.75 Å². The van der Waals surface area contributed by atoms with Crippen LogP contribution in [0.1, 0.15) is 67.2 Å². The number of halogens is 6. The van der Waals surface area contributed by atoms with E-state index in [1.165, 1.54) is 5.56 Å². The van der Waals surface area contributed by atoms with Crippen molar-refractivity contribution in [3.05, 3.63) is 101 Å². The molecule has 0 atom stereocenters. The van der Waals surface area contributed by atoms with E-state index >= 15 is 4.39 Å². The highest BCUT2D eigenvalue weighted by Gasteiger charge is 2.38. The molecule has 0 heterocycles. The molecular formula is C32H32F6O. The third-order valence-electron chi connectivity index (χ3n) is 7.63. The van der Waals surface area contributed by atoms with E-state index in [2.05, 4.69) is 6.58 Å². The van der Waals surface area contributed by atoms with Gasteiger partial charge in [-0.3, -0.25) is 0 Å². The maximum absolute atomic E-state index is 15.3. The molecule has 0 saturated heterocycles. The fourth-order valence-electron chi connectivity index (χ4n) is 5.55. The Bertz CT molecular complexity index is 1290. The van der Waals surface area contributed by atoms with Crippen molar-refractivity contribution >= 4 is 0 Å². The second-order valence-corrected chi connectivity index (χ2v) is 10.1. The van der Waals surface area contributed by atoms with Crippen molar-refractivity contribution < 1.29 is 31.1 Å². The van der Waals surface area contributed by atoms with Crippen molar-refractivity contribution in [3.8, 4) is 16.9 Å². The molecule has 1 aliphatic carbocycles. The molecule has 3 aromatic rings. The molecule has 0 N–H and O–H groups in total. The van der Waals surface area contributed by atoms with Crippen LogP contribution in [0, 0.1) is 23.4 Å². The third-order valence-corrected chi connectivity index (χ3v) is 7.63. The summed E-state index contributed by atoms with van der Waals surface area (Å²) in [5.74, 6) is -3.68. The minimum Gasteiger partial charge on any atom is -0.491 e. The molecule has 1 aliphatic rings. The molecule has 7 heteroatoms. The predicted molar refractivity (Wildman–Crippen MR) is 141 cm³/mol. The lowest BCUT2D eigenvalue weighted by atomic mass is 9.77. The number of rotatable bonds is 9. The smallest absolute Gasteiger partial charge is 0.419 e. The zero-order chi connectivity index (χ0) is 28.2. The Balaban J connectivity index is 1.53. The lowest BCUT2D eigenvalue weighted by molar-refractivity contribution is -0.140. The fourth-order valence-corrected chi connectivity index (χ4v) is 5.55. The van der Waals surface area contributed by atoms with Gasteiger partial charge in [0, 0.05) is 11.1 Å². The molecule has 1 fully saturated rings. The number of hydrogen-bond donors (Lipinski definition) is 0. The average Bonchev–Trinajstić information content (AvgIpc) is 2.91. The van der Waals surface area contributed by atoms with E-state index in [-0.39, 0.29) is 25.0 Å². The first-order valence-electron chi connectivity index (χ1n) is 13.3. The van der Waals surface area contributed by atoms with Crippen molar-refractivity contribution in [2.75, 3.05) is 6.61 Å². The number of allylic oxidation sites excluding steroid dienone is 1. The van der Waals surface area contributed by atoms with Crippen LogP contribution in [-0.4, -0.2) is 6.61 Å². The molecule has 0 unspecified atom stereocenters. The number of aryl methyl sites for hydroxylation is 2. The fraction of sp³-hybridized carbons (Fsp3) is 0.375. The topological polar surface area (TPSA) is 9.23 Å².